The normalized spacial score (nSPS) is 28.1. The van der Waals surface area contributed by atoms with Crippen LogP contribution in [0.1, 0.15) is 23.9 Å². The molecule has 1 N–H and O–H groups in total. The maximum atomic E-state index is 12.5. The lowest BCUT2D eigenvalue weighted by Gasteiger charge is -2.30. The average Bonchev–Trinajstić information content (AvgIpc) is 2.79. The number of carbonyl (C=O) groups is 1. The Morgan fingerprint density at radius 1 is 1.53 bits per heavy atom. The summed E-state index contributed by atoms with van der Waals surface area (Å²) < 4.78 is 40.9. The summed E-state index contributed by atoms with van der Waals surface area (Å²) in [7, 11) is 0. The molecule has 3 rings (SSSR count). The van der Waals surface area contributed by atoms with Gasteiger partial charge in [-0.3, -0.25) is 4.79 Å². The maximum Gasteiger partial charge on any atom is 0.231 e. The second-order valence-corrected chi connectivity index (χ2v) is 4.62. The van der Waals surface area contributed by atoms with E-state index in [0.717, 1.165) is 0 Å². The predicted molar refractivity (Wildman–Crippen MR) is 68.1 cm³/mol. The van der Waals surface area contributed by atoms with Crippen molar-refractivity contribution in [1.29, 1.82) is 0 Å². The monoisotopic (exact) mass is 267 g/mol. The number of aliphatic hydroxyl groups is 1. The molecule has 0 radical (unpaired) electrons. The molecule has 1 unspecified atom stereocenters. The number of piperidine rings is 1. The molecule has 0 bridgehead atoms. The van der Waals surface area contributed by atoms with Gasteiger partial charge in [0.25, 0.3) is 0 Å². The zero-order valence-corrected chi connectivity index (χ0v) is 10.3. The van der Waals surface area contributed by atoms with Crippen molar-refractivity contribution in [2.45, 2.75) is 25.3 Å². The molecule has 5 nitrogen and oxygen atoms in total. The molecule has 5 heteroatoms. The van der Waals surface area contributed by atoms with Crippen LogP contribution in [-0.4, -0.2) is 41.9 Å². The van der Waals surface area contributed by atoms with Gasteiger partial charge >= 0.3 is 0 Å². The van der Waals surface area contributed by atoms with Gasteiger partial charge in [-0.05, 0) is 30.5 Å². The Bertz CT molecular complexity index is 637. The molecule has 1 aromatic carbocycles. The van der Waals surface area contributed by atoms with Gasteiger partial charge in [-0.15, -0.1) is 0 Å². The van der Waals surface area contributed by atoms with Gasteiger partial charge in [0.2, 0.25) is 12.7 Å². The van der Waals surface area contributed by atoms with E-state index < -0.39 is 25.1 Å². The van der Waals surface area contributed by atoms with Crippen LogP contribution in [0.2, 0.25) is 0 Å². The minimum Gasteiger partial charge on any atom is -0.454 e. The summed E-state index contributed by atoms with van der Waals surface area (Å²) in [6, 6.07) is 4.03. The van der Waals surface area contributed by atoms with E-state index in [9.17, 15) is 9.90 Å². The van der Waals surface area contributed by atoms with Crippen molar-refractivity contribution < 1.29 is 24.9 Å². The fraction of sp³-hybridized carbons (Fsp3) is 0.500. The molecule has 1 aromatic rings. The first-order valence-electron chi connectivity index (χ1n) is 8.19. The van der Waals surface area contributed by atoms with Gasteiger partial charge in [-0.1, -0.05) is 6.07 Å². The molecule has 0 saturated carbocycles. The van der Waals surface area contributed by atoms with Crippen molar-refractivity contribution in [3.8, 4) is 11.5 Å². The summed E-state index contributed by atoms with van der Waals surface area (Å²) in [5.74, 6) is -0.503. The number of aliphatic hydroxyl groups excluding tert-OH is 1. The second kappa shape index (κ2) is 5.09. The highest BCUT2D eigenvalue weighted by molar-refractivity contribution is 5.79. The molecule has 0 spiro atoms. The second-order valence-electron chi connectivity index (χ2n) is 4.62. The molecule has 2 aliphatic heterocycles. The summed E-state index contributed by atoms with van der Waals surface area (Å²) in [5, 5.41) is 9.65. The number of benzene rings is 1. The highest BCUT2D eigenvalue weighted by atomic mass is 16.7. The Morgan fingerprint density at radius 3 is 3.21 bits per heavy atom. The first kappa shape index (κ1) is 8.43. The van der Waals surface area contributed by atoms with Crippen molar-refractivity contribution in [1.82, 2.24) is 4.90 Å². The number of amides is 1. The van der Waals surface area contributed by atoms with Crippen LogP contribution in [0.3, 0.4) is 0 Å². The summed E-state index contributed by atoms with van der Waals surface area (Å²) in [4.78, 5) is 13.8. The Balaban J connectivity index is 1.84. The lowest BCUT2D eigenvalue weighted by Crippen LogP contribution is -2.42. The van der Waals surface area contributed by atoms with Crippen LogP contribution in [-0.2, 0) is 11.2 Å². The summed E-state index contributed by atoms with van der Waals surface area (Å²) in [6.07, 6.45) is -1.70. The zero-order chi connectivity index (χ0) is 16.8. The van der Waals surface area contributed by atoms with Gasteiger partial charge < -0.3 is 19.5 Å². The molecular formula is C14H17NO4. The van der Waals surface area contributed by atoms with Crippen LogP contribution in [0.5, 0.6) is 11.5 Å². The fourth-order valence-corrected chi connectivity index (χ4v) is 2.20. The molecule has 2 heterocycles. The van der Waals surface area contributed by atoms with E-state index in [1.807, 2.05) is 0 Å². The van der Waals surface area contributed by atoms with Gasteiger partial charge in [0.05, 0.1) is 12.5 Å². The van der Waals surface area contributed by atoms with E-state index >= 15 is 0 Å². The van der Waals surface area contributed by atoms with Crippen LogP contribution in [0, 0.1) is 0 Å². The number of carbonyl (C=O) groups excluding carboxylic acids is 1. The first-order chi connectivity index (χ1) is 10.7. The third-order valence-electron chi connectivity index (χ3n) is 3.18. The SMILES string of the molecule is [2H]C1([2H])Oc2ccc(C([2H])([2H])C(=O)N3CCCC(O)C3)cc2O1. The first-order valence-corrected chi connectivity index (χ1v) is 6.19. The van der Waals surface area contributed by atoms with Crippen LogP contribution >= 0.6 is 0 Å². The van der Waals surface area contributed by atoms with E-state index in [1.165, 1.54) is 23.1 Å². The van der Waals surface area contributed by atoms with E-state index in [-0.39, 0.29) is 23.6 Å². The van der Waals surface area contributed by atoms with Crippen molar-refractivity contribution in [2.75, 3.05) is 19.8 Å². The molecule has 1 atom stereocenters. The largest absolute Gasteiger partial charge is 0.454 e. The molecule has 2 aliphatic rings. The number of rotatable bonds is 2. The third-order valence-corrected chi connectivity index (χ3v) is 3.18. The highest BCUT2D eigenvalue weighted by Crippen LogP contribution is 2.32. The van der Waals surface area contributed by atoms with E-state index in [2.05, 4.69) is 0 Å². The van der Waals surface area contributed by atoms with E-state index in [1.54, 1.807) is 0 Å². The molecule has 1 amide bonds. The van der Waals surface area contributed by atoms with Crippen molar-refractivity contribution in [3.05, 3.63) is 23.8 Å². The quantitative estimate of drug-likeness (QED) is 0.866. The molecule has 0 aliphatic carbocycles. The van der Waals surface area contributed by atoms with Crippen molar-refractivity contribution in [2.24, 2.45) is 0 Å². The number of hydrogen-bond donors (Lipinski definition) is 1. The minimum atomic E-state index is -2.30. The smallest absolute Gasteiger partial charge is 0.231 e. The van der Waals surface area contributed by atoms with Gasteiger partial charge in [-0.25, -0.2) is 0 Å². The van der Waals surface area contributed by atoms with Crippen LogP contribution in [0.25, 0.3) is 0 Å². The zero-order valence-electron chi connectivity index (χ0n) is 14.3. The molecule has 1 fully saturated rings. The number of likely N-dealkylation sites (tertiary alicyclic amines) is 1. The summed E-state index contributed by atoms with van der Waals surface area (Å²) in [5.41, 5.74) is 0.0580. The fourth-order valence-electron chi connectivity index (χ4n) is 2.20. The third kappa shape index (κ3) is 2.66. The van der Waals surface area contributed by atoms with E-state index in [0.29, 0.717) is 19.4 Å². The predicted octanol–water partition coefficient (Wildman–Crippen LogP) is 0.941. The Kier molecular flexibility index (Phi) is 2.26. The molecule has 19 heavy (non-hydrogen) atoms. The van der Waals surface area contributed by atoms with Crippen LogP contribution in [0.15, 0.2) is 18.2 Å². The highest BCUT2D eigenvalue weighted by Gasteiger charge is 2.22. The number of β-amino-alcohol motifs (C(OH)–C–C–N with tert-alkyl or cyclic N) is 1. The maximum absolute atomic E-state index is 12.5. The van der Waals surface area contributed by atoms with Crippen LogP contribution < -0.4 is 9.47 Å². The van der Waals surface area contributed by atoms with Gasteiger partial charge in [0.15, 0.2) is 11.5 Å². The van der Waals surface area contributed by atoms with Crippen LogP contribution in [0.4, 0.5) is 0 Å². The number of ether oxygens (including phenoxy) is 2. The molecular weight excluding hydrogens is 246 g/mol. The Labute approximate surface area is 117 Å². The summed E-state index contributed by atoms with van der Waals surface area (Å²) in [6.45, 7) is -1.78. The Hall–Kier alpha value is -1.75. The minimum absolute atomic E-state index is 0.0580. The topological polar surface area (TPSA) is 59.0 Å². The molecule has 1 saturated heterocycles. The molecule has 0 aromatic heterocycles. The van der Waals surface area contributed by atoms with E-state index in [4.69, 9.17) is 15.0 Å². The standard InChI is InChI=1S/C14H17NO4/c16-11-2-1-5-15(8-11)14(17)7-10-3-4-12-13(6-10)19-9-18-12/h3-4,6,11,16H,1-2,5,7-9H2/i7D2,9D2. The number of fused-ring (bicyclic) bond motifs is 1. The summed E-state index contributed by atoms with van der Waals surface area (Å²) >= 11 is 0. The number of nitrogens with zero attached hydrogens (tertiary/aromatic N) is 1. The van der Waals surface area contributed by atoms with Gasteiger partial charge in [-0.2, -0.15) is 0 Å². The lowest BCUT2D eigenvalue weighted by molar-refractivity contribution is -0.133. The lowest BCUT2D eigenvalue weighted by atomic mass is 10.1. The van der Waals surface area contributed by atoms with Crippen molar-refractivity contribution in [3.63, 3.8) is 0 Å². The number of hydrogen-bond acceptors (Lipinski definition) is 4. The molecule has 102 valence electrons. The average molecular weight is 267 g/mol. The van der Waals surface area contributed by atoms with Gasteiger partial charge in [0.1, 0.15) is 2.74 Å². The van der Waals surface area contributed by atoms with Crippen molar-refractivity contribution >= 4 is 5.91 Å². The Morgan fingerprint density at radius 2 is 2.37 bits per heavy atom. The van der Waals surface area contributed by atoms with Gasteiger partial charge in [0, 0.05) is 15.8 Å².